The van der Waals surface area contributed by atoms with E-state index in [4.69, 9.17) is 4.74 Å². The normalized spacial score (nSPS) is 11.8. The highest BCUT2D eigenvalue weighted by molar-refractivity contribution is 8.01. The van der Waals surface area contributed by atoms with Crippen LogP contribution in [0.4, 0.5) is 5.82 Å². The van der Waals surface area contributed by atoms with Crippen LogP contribution in [-0.4, -0.2) is 36.3 Å². The minimum atomic E-state index is -4.00. The Hall–Kier alpha value is -2.37. The van der Waals surface area contributed by atoms with Crippen molar-refractivity contribution in [1.82, 2.24) is 9.55 Å². The molecule has 0 bridgehead atoms. The van der Waals surface area contributed by atoms with E-state index in [2.05, 4.69) is 23.6 Å². The van der Waals surface area contributed by atoms with Crippen molar-refractivity contribution in [1.29, 1.82) is 0 Å². The monoisotopic (exact) mass is 509 g/mol. The quantitative estimate of drug-likeness (QED) is 0.335. The molecule has 0 atom stereocenters. The second kappa shape index (κ2) is 10.3. The summed E-state index contributed by atoms with van der Waals surface area (Å²) >= 11 is 2.83. The summed E-state index contributed by atoms with van der Waals surface area (Å²) < 4.78 is 35.5. The van der Waals surface area contributed by atoms with Crippen molar-refractivity contribution in [2.75, 3.05) is 17.1 Å². The van der Waals surface area contributed by atoms with E-state index in [1.54, 1.807) is 26.0 Å². The van der Waals surface area contributed by atoms with Crippen molar-refractivity contribution >= 4 is 44.9 Å². The highest BCUT2D eigenvalue weighted by Gasteiger charge is 2.31. The Balaban J connectivity index is 2.14. The number of rotatable bonds is 9. The van der Waals surface area contributed by atoms with E-state index in [1.807, 2.05) is 6.92 Å². The Morgan fingerprint density at radius 1 is 1.24 bits per heavy atom. The molecular weight excluding hydrogens is 482 g/mol. The number of aryl methyl sites for hydroxylation is 2. The average Bonchev–Trinajstić information content (AvgIpc) is 3.03. The van der Waals surface area contributed by atoms with Crippen molar-refractivity contribution in [2.24, 2.45) is 5.92 Å². The molecular formula is C22H27N3O5S3. The highest BCUT2D eigenvalue weighted by atomic mass is 32.2. The first-order valence-corrected chi connectivity index (χ1v) is 13.8. The van der Waals surface area contributed by atoms with Crippen molar-refractivity contribution in [3.8, 4) is 5.69 Å². The van der Waals surface area contributed by atoms with Crippen molar-refractivity contribution in [3.05, 3.63) is 50.9 Å². The number of esters is 1. The molecule has 1 aromatic carbocycles. The molecule has 0 radical (unpaired) electrons. The van der Waals surface area contributed by atoms with E-state index in [-0.39, 0.29) is 28.7 Å². The molecule has 0 unspecified atom stereocenters. The number of ether oxygens (including phenoxy) is 1. The third kappa shape index (κ3) is 5.59. The van der Waals surface area contributed by atoms with Gasteiger partial charge in [-0.25, -0.2) is 22.6 Å². The van der Waals surface area contributed by atoms with Gasteiger partial charge in [0.25, 0.3) is 10.0 Å². The Morgan fingerprint density at radius 3 is 2.52 bits per heavy atom. The van der Waals surface area contributed by atoms with Crippen LogP contribution in [-0.2, 0) is 14.8 Å². The average molecular weight is 510 g/mol. The highest BCUT2D eigenvalue weighted by Crippen LogP contribution is 2.39. The maximum absolute atomic E-state index is 13.0. The maximum atomic E-state index is 13.0. The third-order valence-corrected chi connectivity index (χ3v) is 8.53. The third-order valence-electron chi connectivity index (χ3n) is 4.80. The Kier molecular flexibility index (Phi) is 7.86. The number of anilines is 1. The molecule has 0 amide bonds. The van der Waals surface area contributed by atoms with E-state index < -0.39 is 21.7 Å². The Labute approximate surface area is 201 Å². The molecule has 178 valence electrons. The van der Waals surface area contributed by atoms with Gasteiger partial charge in [-0.05, 0) is 51.0 Å². The molecule has 33 heavy (non-hydrogen) atoms. The molecule has 2 heterocycles. The Morgan fingerprint density at radius 2 is 1.91 bits per heavy atom. The predicted octanol–water partition coefficient (Wildman–Crippen LogP) is 4.46. The molecule has 0 aliphatic carbocycles. The summed E-state index contributed by atoms with van der Waals surface area (Å²) in [6, 6.07) is 6.36. The summed E-state index contributed by atoms with van der Waals surface area (Å²) in [6.07, 6.45) is 0.936. The molecule has 2 aliphatic rings. The molecule has 1 aromatic rings. The van der Waals surface area contributed by atoms with Gasteiger partial charge in [0.1, 0.15) is 11.4 Å². The van der Waals surface area contributed by atoms with Gasteiger partial charge in [-0.2, -0.15) is 4.98 Å². The zero-order valence-corrected chi connectivity index (χ0v) is 21.6. The van der Waals surface area contributed by atoms with Gasteiger partial charge in [0, 0.05) is 4.88 Å². The molecule has 0 spiro atoms. The van der Waals surface area contributed by atoms with Crippen LogP contribution >= 0.6 is 23.1 Å². The lowest BCUT2D eigenvalue weighted by Crippen LogP contribution is -2.24. The van der Waals surface area contributed by atoms with E-state index in [0.29, 0.717) is 15.0 Å². The number of fused-ring (bicyclic) bond motifs is 1. The fourth-order valence-corrected chi connectivity index (χ4v) is 6.89. The summed E-state index contributed by atoms with van der Waals surface area (Å²) in [5, 5.41) is 0. The maximum Gasteiger partial charge on any atom is 0.356 e. The van der Waals surface area contributed by atoms with Crippen LogP contribution in [0.1, 0.15) is 48.1 Å². The first kappa shape index (κ1) is 25.3. The van der Waals surface area contributed by atoms with Gasteiger partial charge in [-0.15, -0.1) is 23.1 Å². The molecule has 8 nitrogen and oxygen atoms in total. The number of sulfonamides is 1. The molecule has 3 rings (SSSR count). The van der Waals surface area contributed by atoms with Crippen molar-refractivity contribution in [3.63, 3.8) is 0 Å². The van der Waals surface area contributed by atoms with E-state index >= 15 is 0 Å². The van der Waals surface area contributed by atoms with Crippen LogP contribution in [0.5, 0.6) is 0 Å². The molecule has 0 saturated heterocycles. The number of hydrogen-bond acceptors (Lipinski definition) is 8. The van der Waals surface area contributed by atoms with Crippen LogP contribution in [0.2, 0.25) is 0 Å². The first-order chi connectivity index (χ1) is 15.5. The number of aromatic nitrogens is 2. The Bertz CT molecular complexity index is 1280. The number of thioether (sulfide) groups is 1. The van der Waals surface area contributed by atoms with Gasteiger partial charge in [0.2, 0.25) is 0 Å². The largest absolute Gasteiger partial charge is 0.461 e. The standard InChI is InChI=1S/C22H27N3O5S3/c1-6-30-20(26)17-15(5)32-21(31-12-11-13(2)3)18-19(23-22(27)25(17)18)24-33(28,29)16-9-7-14(4)8-10-16/h7-10,13H,6,11-12H2,1-5H3,(H,23,24,27). The fraction of sp³-hybridized carbons (Fsp3) is 0.409. The second-order valence-electron chi connectivity index (χ2n) is 7.89. The number of benzene rings is 1. The first-order valence-electron chi connectivity index (χ1n) is 10.5. The number of carbonyl (C=O) groups excluding carboxylic acids is 1. The SMILES string of the molecule is CCOC(=O)c1c(C)sc(SCCC(C)C)c2c(NS(=O)(=O)c3ccc(C)cc3)nc(=O)n1-2. The van der Waals surface area contributed by atoms with E-state index in [0.717, 1.165) is 22.3 Å². The summed E-state index contributed by atoms with van der Waals surface area (Å²) in [6.45, 7) is 9.65. The number of carbonyl (C=O) groups is 1. The van der Waals surface area contributed by atoms with Crippen LogP contribution in [0.15, 0.2) is 38.2 Å². The number of hydrogen-bond donors (Lipinski definition) is 1. The molecule has 0 saturated carbocycles. The van der Waals surface area contributed by atoms with E-state index in [9.17, 15) is 18.0 Å². The lowest BCUT2D eigenvalue weighted by molar-refractivity contribution is 0.0515. The predicted molar refractivity (Wildman–Crippen MR) is 132 cm³/mol. The summed E-state index contributed by atoms with van der Waals surface area (Å²) in [5.41, 5.74) is 0.506. The molecule has 2 aliphatic heterocycles. The fourth-order valence-electron chi connectivity index (χ4n) is 3.08. The summed E-state index contributed by atoms with van der Waals surface area (Å²) in [4.78, 5) is 30.1. The molecule has 1 N–H and O–H groups in total. The van der Waals surface area contributed by atoms with Gasteiger partial charge >= 0.3 is 11.7 Å². The lowest BCUT2D eigenvalue weighted by Gasteiger charge is -2.17. The van der Waals surface area contributed by atoms with Crippen molar-refractivity contribution in [2.45, 2.75) is 50.1 Å². The van der Waals surface area contributed by atoms with Gasteiger partial charge in [-0.3, -0.25) is 4.72 Å². The van der Waals surface area contributed by atoms with Crippen LogP contribution < -0.4 is 10.4 Å². The number of nitrogens with zero attached hydrogens (tertiary/aromatic N) is 2. The zero-order valence-electron chi connectivity index (χ0n) is 19.2. The molecule has 11 heteroatoms. The number of nitrogens with one attached hydrogen (secondary N) is 1. The zero-order chi connectivity index (χ0) is 24.3. The van der Waals surface area contributed by atoms with Gasteiger partial charge in [-0.1, -0.05) is 31.5 Å². The van der Waals surface area contributed by atoms with Crippen LogP contribution in [0.3, 0.4) is 0 Å². The minimum Gasteiger partial charge on any atom is -0.461 e. The molecule has 0 aromatic heterocycles. The number of imidazole rings is 1. The van der Waals surface area contributed by atoms with Crippen LogP contribution in [0.25, 0.3) is 5.69 Å². The van der Waals surface area contributed by atoms with Gasteiger partial charge in [0.05, 0.1) is 15.7 Å². The smallest absolute Gasteiger partial charge is 0.356 e. The second-order valence-corrected chi connectivity index (χ2v) is 12.2. The van der Waals surface area contributed by atoms with Crippen molar-refractivity contribution < 1.29 is 17.9 Å². The van der Waals surface area contributed by atoms with Gasteiger partial charge in [0.15, 0.2) is 5.82 Å². The minimum absolute atomic E-state index is 0.0529. The van der Waals surface area contributed by atoms with E-state index in [1.165, 1.54) is 35.2 Å². The topological polar surface area (TPSA) is 107 Å². The summed E-state index contributed by atoms with van der Waals surface area (Å²) in [5.74, 6) is 0.496. The molecule has 0 fully saturated rings. The van der Waals surface area contributed by atoms with Crippen LogP contribution in [0, 0.1) is 19.8 Å². The van der Waals surface area contributed by atoms with Gasteiger partial charge < -0.3 is 4.74 Å². The summed E-state index contributed by atoms with van der Waals surface area (Å²) in [7, 11) is -4.00. The lowest BCUT2D eigenvalue weighted by atomic mass is 10.2.